The second-order valence-electron chi connectivity index (χ2n) is 8.37. The van der Waals surface area contributed by atoms with Crippen LogP contribution in [0.1, 0.15) is 20.3 Å². The van der Waals surface area contributed by atoms with Crippen molar-refractivity contribution < 1.29 is 9.47 Å². The van der Waals surface area contributed by atoms with Crippen LogP contribution in [0.3, 0.4) is 0 Å². The molecule has 0 atom stereocenters. The summed E-state index contributed by atoms with van der Waals surface area (Å²) in [6.45, 7) is 15.6. The number of morpholine rings is 1. The predicted octanol–water partition coefficient (Wildman–Crippen LogP) is 2.57. The van der Waals surface area contributed by atoms with Gasteiger partial charge in [-0.2, -0.15) is 0 Å². The number of nitrogens with zero attached hydrogens (tertiary/aromatic N) is 3. The van der Waals surface area contributed by atoms with E-state index in [1.54, 1.807) is 7.11 Å². The fourth-order valence-corrected chi connectivity index (χ4v) is 4.21. The lowest BCUT2D eigenvalue weighted by atomic mass is 9.91. The average molecular weight is 362 g/mol. The third kappa shape index (κ3) is 5.60. The molecule has 2 heterocycles. The van der Waals surface area contributed by atoms with Crippen molar-refractivity contribution in [3.05, 3.63) is 24.3 Å². The largest absolute Gasteiger partial charge is 0.497 e. The zero-order valence-corrected chi connectivity index (χ0v) is 16.7. The lowest BCUT2D eigenvalue weighted by molar-refractivity contribution is 0.0154. The van der Waals surface area contributed by atoms with E-state index in [0.29, 0.717) is 5.41 Å². The van der Waals surface area contributed by atoms with Crippen molar-refractivity contribution in [2.45, 2.75) is 20.3 Å². The minimum absolute atomic E-state index is 0.308. The molecular formula is C21H35N3O2. The van der Waals surface area contributed by atoms with Crippen LogP contribution < -0.4 is 9.64 Å². The number of methoxy groups -OCH3 is 1. The third-order valence-electron chi connectivity index (χ3n) is 5.41. The summed E-state index contributed by atoms with van der Waals surface area (Å²) in [6, 6.07) is 8.45. The van der Waals surface area contributed by atoms with Crippen LogP contribution in [-0.2, 0) is 4.74 Å². The minimum atomic E-state index is 0.308. The molecule has 1 aromatic rings. The Balaban J connectivity index is 1.52. The number of benzene rings is 1. The summed E-state index contributed by atoms with van der Waals surface area (Å²) in [5.74, 6) is 0.940. The van der Waals surface area contributed by atoms with Crippen LogP contribution in [-0.4, -0.2) is 82.5 Å². The van der Waals surface area contributed by atoms with Crippen molar-refractivity contribution in [1.29, 1.82) is 0 Å². The molecule has 0 aromatic heterocycles. The lowest BCUT2D eigenvalue weighted by Crippen LogP contribution is -2.46. The predicted molar refractivity (Wildman–Crippen MR) is 107 cm³/mol. The maximum atomic E-state index is 5.48. The van der Waals surface area contributed by atoms with Crippen molar-refractivity contribution in [2.75, 3.05) is 77.6 Å². The summed E-state index contributed by atoms with van der Waals surface area (Å²) in [6.07, 6.45) is 1.21. The van der Waals surface area contributed by atoms with Crippen LogP contribution in [0.25, 0.3) is 0 Å². The molecule has 0 aliphatic carbocycles. The second kappa shape index (κ2) is 9.07. The van der Waals surface area contributed by atoms with Crippen LogP contribution in [0.4, 0.5) is 5.69 Å². The van der Waals surface area contributed by atoms with E-state index in [0.717, 1.165) is 64.8 Å². The summed E-state index contributed by atoms with van der Waals surface area (Å²) < 4.78 is 10.9. The van der Waals surface area contributed by atoms with Crippen molar-refractivity contribution in [1.82, 2.24) is 9.80 Å². The molecule has 2 aliphatic rings. The number of hydrogen-bond donors (Lipinski definition) is 0. The smallest absolute Gasteiger partial charge is 0.120 e. The van der Waals surface area contributed by atoms with E-state index >= 15 is 0 Å². The summed E-state index contributed by atoms with van der Waals surface area (Å²) in [5.41, 5.74) is 1.58. The highest BCUT2D eigenvalue weighted by atomic mass is 16.5. The van der Waals surface area contributed by atoms with E-state index in [1.165, 1.54) is 18.7 Å². The molecule has 0 amide bonds. The maximum Gasteiger partial charge on any atom is 0.120 e. The first-order valence-electron chi connectivity index (χ1n) is 9.97. The Kier molecular flexibility index (Phi) is 6.79. The van der Waals surface area contributed by atoms with Gasteiger partial charge >= 0.3 is 0 Å². The van der Waals surface area contributed by atoms with Crippen molar-refractivity contribution in [3.63, 3.8) is 0 Å². The van der Waals surface area contributed by atoms with Gasteiger partial charge < -0.3 is 19.3 Å². The van der Waals surface area contributed by atoms with Gasteiger partial charge in [0.2, 0.25) is 0 Å². The molecule has 0 saturated carbocycles. The normalized spacial score (nSPS) is 20.8. The van der Waals surface area contributed by atoms with Crippen LogP contribution in [0.5, 0.6) is 5.75 Å². The number of hydrogen-bond acceptors (Lipinski definition) is 5. The highest BCUT2D eigenvalue weighted by Gasteiger charge is 2.27. The summed E-state index contributed by atoms with van der Waals surface area (Å²) in [7, 11) is 1.74. The summed E-state index contributed by atoms with van der Waals surface area (Å²) >= 11 is 0. The minimum Gasteiger partial charge on any atom is -0.497 e. The molecular weight excluding hydrogens is 326 g/mol. The van der Waals surface area contributed by atoms with Gasteiger partial charge in [-0.05, 0) is 30.5 Å². The molecule has 3 rings (SSSR count). The van der Waals surface area contributed by atoms with E-state index in [2.05, 4.69) is 46.7 Å². The monoisotopic (exact) mass is 361 g/mol. The van der Waals surface area contributed by atoms with Gasteiger partial charge in [-0.15, -0.1) is 0 Å². The third-order valence-corrected chi connectivity index (χ3v) is 5.41. The lowest BCUT2D eigenvalue weighted by Gasteiger charge is -2.38. The van der Waals surface area contributed by atoms with Crippen molar-refractivity contribution in [2.24, 2.45) is 5.41 Å². The molecule has 146 valence electrons. The Morgan fingerprint density at radius 2 is 1.69 bits per heavy atom. The van der Waals surface area contributed by atoms with Gasteiger partial charge in [0, 0.05) is 57.6 Å². The van der Waals surface area contributed by atoms with E-state index < -0.39 is 0 Å². The van der Waals surface area contributed by atoms with E-state index in [9.17, 15) is 0 Å². The Morgan fingerprint density at radius 1 is 0.962 bits per heavy atom. The SMILES string of the molecule is COc1cccc(N2CCCN(CC(C)(C)CN3CCOCC3)CC2)c1. The second-order valence-corrected chi connectivity index (χ2v) is 8.37. The summed E-state index contributed by atoms with van der Waals surface area (Å²) in [4.78, 5) is 7.71. The fraction of sp³-hybridized carbons (Fsp3) is 0.714. The first-order chi connectivity index (χ1) is 12.6. The van der Waals surface area contributed by atoms with Gasteiger partial charge in [-0.1, -0.05) is 19.9 Å². The quantitative estimate of drug-likeness (QED) is 0.777. The molecule has 2 saturated heterocycles. The first-order valence-corrected chi connectivity index (χ1v) is 9.97. The Labute approximate surface area is 158 Å². The molecule has 1 aromatic carbocycles. The van der Waals surface area contributed by atoms with Crippen LogP contribution >= 0.6 is 0 Å². The van der Waals surface area contributed by atoms with Crippen LogP contribution in [0.2, 0.25) is 0 Å². The molecule has 0 N–H and O–H groups in total. The molecule has 5 heteroatoms. The standard InChI is InChI=1S/C21H35N3O2/c1-21(2,18-23-12-14-26-15-13-23)17-22-8-5-9-24(11-10-22)19-6-4-7-20(16-19)25-3/h4,6-7,16H,5,8-15,17-18H2,1-3H3. The zero-order chi connectivity index (χ0) is 18.4. The molecule has 5 nitrogen and oxygen atoms in total. The molecule has 2 fully saturated rings. The van der Waals surface area contributed by atoms with Gasteiger partial charge in [0.25, 0.3) is 0 Å². The van der Waals surface area contributed by atoms with Gasteiger partial charge in [-0.25, -0.2) is 0 Å². The van der Waals surface area contributed by atoms with E-state index in [4.69, 9.17) is 9.47 Å². The van der Waals surface area contributed by atoms with Crippen molar-refractivity contribution in [3.8, 4) is 5.75 Å². The van der Waals surface area contributed by atoms with Gasteiger partial charge in [0.1, 0.15) is 5.75 Å². The molecule has 2 aliphatic heterocycles. The molecule has 0 radical (unpaired) electrons. The highest BCUT2D eigenvalue weighted by Crippen LogP contribution is 2.24. The number of ether oxygens (including phenoxy) is 2. The van der Waals surface area contributed by atoms with Crippen molar-refractivity contribution >= 4 is 5.69 Å². The Morgan fingerprint density at radius 3 is 2.42 bits per heavy atom. The Bertz CT molecular complexity index is 558. The average Bonchev–Trinajstić information content (AvgIpc) is 2.87. The number of anilines is 1. The topological polar surface area (TPSA) is 28.2 Å². The highest BCUT2D eigenvalue weighted by molar-refractivity contribution is 5.50. The number of rotatable bonds is 6. The molecule has 26 heavy (non-hydrogen) atoms. The zero-order valence-electron chi connectivity index (χ0n) is 16.7. The van der Waals surface area contributed by atoms with E-state index in [-0.39, 0.29) is 0 Å². The van der Waals surface area contributed by atoms with E-state index in [1.807, 2.05) is 6.07 Å². The molecule has 0 unspecified atom stereocenters. The van der Waals surface area contributed by atoms with Crippen LogP contribution in [0, 0.1) is 5.41 Å². The summed E-state index contributed by atoms with van der Waals surface area (Å²) in [5, 5.41) is 0. The fourth-order valence-electron chi connectivity index (χ4n) is 4.21. The van der Waals surface area contributed by atoms with Gasteiger partial charge in [0.15, 0.2) is 0 Å². The van der Waals surface area contributed by atoms with Crippen LogP contribution in [0.15, 0.2) is 24.3 Å². The maximum absolute atomic E-state index is 5.48. The van der Waals surface area contributed by atoms with Gasteiger partial charge in [0.05, 0.1) is 20.3 Å². The van der Waals surface area contributed by atoms with Gasteiger partial charge in [-0.3, -0.25) is 4.90 Å². The molecule has 0 bridgehead atoms. The Hall–Kier alpha value is -1.30. The molecule has 0 spiro atoms. The first kappa shape index (κ1) is 19.5.